The van der Waals surface area contributed by atoms with Gasteiger partial charge in [0, 0.05) is 6.20 Å². The number of ether oxygens (including phenoxy) is 1. The number of aromatic amines is 1. The Bertz CT molecular complexity index is 781. The number of aromatic nitrogens is 1. The molecule has 0 radical (unpaired) electrons. The van der Waals surface area contributed by atoms with E-state index in [1.165, 1.54) is 31.5 Å². The molecule has 7 heteroatoms. The number of H-pyrrole nitrogens is 1. The van der Waals surface area contributed by atoms with E-state index in [1.807, 2.05) is 0 Å². The van der Waals surface area contributed by atoms with Crippen molar-refractivity contribution in [2.75, 3.05) is 11.8 Å². The predicted octanol–water partition coefficient (Wildman–Crippen LogP) is 1.49. The van der Waals surface area contributed by atoms with Crippen molar-refractivity contribution < 1.29 is 13.2 Å². The molecule has 1 aromatic heterocycles. The maximum Gasteiger partial charge on any atom is 0.272 e. The van der Waals surface area contributed by atoms with Crippen molar-refractivity contribution in [1.29, 1.82) is 0 Å². The quantitative estimate of drug-likeness (QED) is 0.894. The molecular weight excluding hydrogens is 280 g/mol. The highest BCUT2D eigenvalue weighted by molar-refractivity contribution is 7.92. The van der Waals surface area contributed by atoms with Gasteiger partial charge in [-0.3, -0.25) is 9.52 Å². The molecule has 0 bridgehead atoms. The van der Waals surface area contributed by atoms with Crippen LogP contribution in [0.1, 0.15) is 5.56 Å². The Hall–Kier alpha value is -2.28. The molecular formula is C13H14N2O4S. The number of aryl methyl sites for hydroxylation is 1. The Kier molecular flexibility index (Phi) is 3.80. The van der Waals surface area contributed by atoms with E-state index in [1.54, 1.807) is 19.1 Å². The van der Waals surface area contributed by atoms with E-state index >= 15 is 0 Å². The summed E-state index contributed by atoms with van der Waals surface area (Å²) in [7, 11) is -2.51. The van der Waals surface area contributed by atoms with Crippen LogP contribution >= 0.6 is 0 Å². The summed E-state index contributed by atoms with van der Waals surface area (Å²) in [5.74, 6) is 0.218. The third-order valence-corrected chi connectivity index (χ3v) is 4.06. The lowest BCUT2D eigenvalue weighted by Crippen LogP contribution is -2.20. The number of hydrogen-bond donors (Lipinski definition) is 2. The molecule has 20 heavy (non-hydrogen) atoms. The van der Waals surface area contributed by atoms with Gasteiger partial charge < -0.3 is 9.72 Å². The minimum Gasteiger partial charge on any atom is -0.495 e. The molecule has 2 N–H and O–H groups in total. The monoisotopic (exact) mass is 294 g/mol. The number of methoxy groups -OCH3 is 1. The lowest BCUT2D eigenvalue weighted by molar-refractivity contribution is 0.402. The van der Waals surface area contributed by atoms with Crippen LogP contribution in [-0.4, -0.2) is 20.5 Å². The van der Waals surface area contributed by atoms with Gasteiger partial charge in [-0.1, -0.05) is 6.07 Å². The predicted molar refractivity (Wildman–Crippen MR) is 75.6 cm³/mol. The minimum atomic E-state index is -3.90. The molecule has 1 aromatic carbocycles. The van der Waals surface area contributed by atoms with E-state index in [0.29, 0.717) is 0 Å². The van der Waals surface area contributed by atoms with Crippen LogP contribution in [0.2, 0.25) is 0 Å². The average molecular weight is 294 g/mol. The molecule has 2 aromatic rings. The van der Waals surface area contributed by atoms with E-state index in [9.17, 15) is 13.2 Å². The van der Waals surface area contributed by atoms with Gasteiger partial charge in [-0.05, 0) is 36.8 Å². The molecule has 1 heterocycles. The standard InChI is InChI=1S/C13H14N2O4S/c1-9-5-6-11(19-2)12(8-9)20(17,18)15-10-4-3-7-14-13(10)16/h3-8,15H,1-2H3,(H,14,16). The highest BCUT2D eigenvalue weighted by Gasteiger charge is 2.20. The first-order valence-electron chi connectivity index (χ1n) is 5.79. The fraction of sp³-hybridized carbons (Fsp3) is 0.154. The van der Waals surface area contributed by atoms with Crippen LogP contribution in [0.3, 0.4) is 0 Å². The normalized spacial score (nSPS) is 11.1. The van der Waals surface area contributed by atoms with Crippen LogP contribution in [0.25, 0.3) is 0 Å². The van der Waals surface area contributed by atoms with E-state index in [4.69, 9.17) is 4.74 Å². The molecule has 106 valence electrons. The highest BCUT2D eigenvalue weighted by atomic mass is 32.2. The van der Waals surface area contributed by atoms with Gasteiger partial charge in [0.1, 0.15) is 16.3 Å². The Morgan fingerprint density at radius 2 is 2.00 bits per heavy atom. The molecule has 0 saturated heterocycles. The Morgan fingerprint density at radius 1 is 1.25 bits per heavy atom. The van der Waals surface area contributed by atoms with Gasteiger partial charge in [-0.15, -0.1) is 0 Å². The van der Waals surface area contributed by atoms with Crippen molar-refractivity contribution in [3.63, 3.8) is 0 Å². The van der Waals surface area contributed by atoms with E-state index in [0.717, 1.165) is 5.56 Å². The summed E-state index contributed by atoms with van der Waals surface area (Å²) in [5.41, 5.74) is 0.215. The van der Waals surface area contributed by atoms with Crippen LogP contribution in [0, 0.1) is 6.92 Å². The summed E-state index contributed by atoms with van der Waals surface area (Å²) in [4.78, 5) is 13.9. The lowest BCUT2D eigenvalue weighted by Gasteiger charge is -2.11. The zero-order valence-electron chi connectivity index (χ0n) is 11.0. The van der Waals surface area contributed by atoms with Gasteiger partial charge in [-0.25, -0.2) is 8.42 Å². The van der Waals surface area contributed by atoms with Crippen LogP contribution < -0.4 is 15.0 Å². The lowest BCUT2D eigenvalue weighted by atomic mass is 10.2. The summed E-state index contributed by atoms with van der Waals surface area (Å²) in [6, 6.07) is 7.72. The second kappa shape index (κ2) is 5.38. The average Bonchev–Trinajstić information content (AvgIpc) is 2.41. The Labute approximate surface area is 116 Å². The number of hydrogen-bond acceptors (Lipinski definition) is 4. The van der Waals surface area contributed by atoms with Gasteiger partial charge in [0.2, 0.25) is 0 Å². The van der Waals surface area contributed by atoms with Crippen molar-refractivity contribution in [1.82, 2.24) is 4.98 Å². The molecule has 0 aliphatic carbocycles. The summed E-state index contributed by atoms with van der Waals surface area (Å²) in [5, 5.41) is 0. The first kappa shape index (κ1) is 14.1. The van der Waals surface area contributed by atoms with Gasteiger partial charge in [0.05, 0.1) is 7.11 Å². The minimum absolute atomic E-state index is 0.0109. The van der Waals surface area contributed by atoms with Crippen LogP contribution in [0.5, 0.6) is 5.75 Å². The molecule has 0 aliphatic rings. The molecule has 0 fully saturated rings. The first-order chi connectivity index (χ1) is 9.44. The summed E-state index contributed by atoms with van der Waals surface area (Å²) < 4.78 is 32.0. The van der Waals surface area contributed by atoms with Crippen LogP contribution in [0.15, 0.2) is 46.2 Å². The largest absolute Gasteiger partial charge is 0.495 e. The third kappa shape index (κ3) is 2.83. The Balaban J connectivity index is 2.49. The molecule has 6 nitrogen and oxygen atoms in total. The van der Waals surface area contributed by atoms with Gasteiger partial charge >= 0.3 is 0 Å². The summed E-state index contributed by atoms with van der Waals surface area (Å²) in [6.07, 6.45) is 1.42. The third-order valence-electron chi connectivity index (χ3n) is 2.67. The molecule has 0 atom stereocenters. The SMILES string of the molecule is COc1ccc(C)cc1S(=O)(=O)Nc1ccc[nH]c1=O. The second-order valence-electron chi connectivity index (χ2n) is 4.17. The molecule has 2 rings (SSSR count). The maximum atomic E-state index is 12.3. The zero-order valence-corrected chi connectivity index (χ0v) is 11.8. The number of nitrogens with one attached hydrogen (secondary N) is 2. The van der Waals surface area contributed by atoms with Gasteiger partial charge in [-0.2, -0.15) is 0 Å². The molecule has 0 unspecified atom stereocenters. The molecule has 0 spiro atoms. The number of pyridine rings is 1. The van der Waals surface area contributed by atoms with E-state index < -0.39 is 15.6 Å². The van der Waals surface area contributed by atoms with E-state index in [-0.39, 0.29) is 16.3 Å². The van der Waals surface area contributed by atoms with Crippen molar-refractivity contribution in [3.8, 4) is 5.75 Å². The fourth-order valence-corrected chi connectivity index (χ4v) is 3.01. The van der Waals surface area contributed by atoms with Crippen molar-refractivity contribution in [2.24, 2.45) is 0 Å². The number of benzene rings is 1. The van der Waals surface area contributed by atoms with Crippen LogP contribution in [0.4, 0.5) is 5.69 Å². The number of anilines is 1. The smallest absolute Gasteiger partial charge is 0.272 e. The van der Waals surface area contributed by atoms with Gasteiger partial charge in [0.15, 0.2) is 0 Å². The Morgan fingerprint density at radius 3 is 2.65 bits per heavy atom. The van der Waals surface area contributed by atoms with Gasteiger partial charge in [0.25, 0.3) is 15.6 Å². The van der Waals surface area contributed by atoms with Crippen LogP contribution in [-0.2, 0) is 10.0 Å². The summed E-state index contributed by atoms with van der Waals surface area (Å²) >= 11 is 0. The highest BCUT2D eigenvalue weighted by Crippen LogP contribution is 2.25. The van der Waals surface area contributed by atoms with Crippen molar-refractivity contribution in [3.05, 3.63) is 52.4 Å². The maximum absolute atomic E-state index is 12.3. The van der Waals surface area contributed by atoms with E-state index in [2.05, 4.69) is 9.71 Å². The first-order valence-corrected chi connectivity index (χ1v) is 7.27. The number of rotatable bonds is 4. The topological polar surface area (TPSA) is 88.3 Å². The fourth-order valence-electron chi connectivity index (χ4n) is 1.70. The molecule has 0 amide bonds. The zero-order chi connectivity index (χ0) is 14.8. The molecule has 0 aliphatic heterocycles. The van der Waals surface area contributed by atoms with Crippen molar-refractivity contribution >= 4 is 15.7 Å². The summed E-state index contributed by atoms with van der Waals surface area (Å²) in [6.45, 7) is 1.77. The second-order valence-corrected chi connectivity index (χ2v) is 5.82. The van der Waals surface area contributed by atoms with Crippen molar-refractivity contribution in [2.45, 2.75) is 11.8 Å². The molecule has 0 saturated carbocycles. The number of sulfonamides is 1.